The van der Waals surface area contributed by atoms with Gasteiger partial charge in [0.05, 0.1) is 6.61 Å². The molecule has 0 saturated heterocycles. The molecule has 1 amide bonds. The van der Waals surface area contributed by atoms with Crippen molar-refractivity contribution in [3.05, 3.63) is 90.6 Å². The maximum Gasteiger partial charge on any atom is 0.417 e. The summed E-state index contributed by atoms with van der Waals surface area (Å²) in [6, 6.07) is 8.74. The lowest BCUT2D eigenvalue weighted by molar-refractivity contribution is -0.261. The van der Waals surface area contributed by atoms with E-state index in [1.54, 1.807) is 13.8 Å². The number of aliphatic carboxylic acids is 1. The first-order valence-electron chi connectivity index (χ1n) is 17.0. The van der Waals surface area contributed by atoms with E-state index in [4.69, 9.17) is 19.7 Å². The molecule has 0 spiro atoms. The van der Waals surface area contributed by atoms with Gasteiger partial charge in [0.25, 0.3) is 0 Å². The fourth-order valence-electron chi connectivity index (χ4n) is 2.97. The van der Waals surface area contributed by atoms with Crippen molar-refractivity contribution >= 4 is 29.9 Å². The van der Waals surface area contributed by atoms with Gasteiger partial charge in [-0.05, 0) is 78.9 Å². The summed E-state index contributed by atoms with van der Waals surface area (Å²) in [4.78, 5) is 42.1. The SMILES string of the molecule is C=C(C)C(=O)NC(C)C.C=C(C)C(=O)O.C=C(C)C(=O)OC(C)CC(C)(O)C(F)(F)F.C=C(C)C(=O)OCCOCC.C=Cc1ccc(C(C)(C)C)cc1. The number of hydrogen-bond donors (Lipinski definition) is 3. The Balaban J connectivity index is -0.000000299. The highest BCUT2D eigenvalue weighted by atomic mass is 19.4. The Kier molecular flexibility index (Phi) is 29.2. The number of halogens is 3. The van der Waals surface area contributed by atoms with E-state index in [2.05, 4.69) is 88.0 Å². The molecule has 0 fully saturated rings. The van der Waals surface area contributed by atoms with Crippen LogP contribution in [0, 0.1) is 0 Å². The van der Waals surface area contributed by atoms with E-state index in [-0.39, 0.29) is 34.5 Å². The monoisotopic (exact) mass is 771 g/mol. The number of carbonyl (C=O) groups is 4. The van der Waals surface area contributed by atoms with Crippen LogP contribution in [0.4, 0.5) is 13.2 Å². The van der Waals surface area contributed by atoms with Gasteiger partial charge in [0.15, 0.2) is 5.60 Å². The van der Waals surface area contributed by atoms with E-state index in [1.807, 2.05) is 26.8 Å². The third kappa shape index (κ3) is 31.1. The predicted octanol–water partition coefficient (Wildman–Crippen LogP) is 8.70. The van der Waals surface area contributed by atoms with E-state index in [0.29, 0.717) is 37.9 Å². The number of aliphatic hydroxyl groups is 1. The molecule has 0 radical (unpaired) electrons. The fourth-order valence-corrected chi connectivity index (χ4v) is 2.97. The van der Waals surface area contributed by atoms with E-state index < -0.39 is 36.2 Å². The molecule has 0 heterocycles. The van der Waals surface area contributed by atoms with Crippen LogP contribution in [0.3, 0.4) is 0 Å². The number of amides is 1. The van der Waals surface area contributed by atoms with Crippen LogP contribution in [0.1, 0.15) is 101 Å². The molecule has 0 saturated carbocycles. The summed E-state index contributed by atoms with van der Waals surface area (Å²) in [5.41, 5.74) is 1.18. The van der Waals surface area contributed by atoms with Gasteiger partial charge < -0.3 is 29.7 Å². The Morgan fingerprint density at radius 3 is 1.54 bits per heavy atom. The lowest BCUT2D eigenvalue weighted by Gasteiger charge is -2.28. The van der Waals surface area contributed by atoms with Crippen LogP contribution in [-0.4, -0.2) is 77.8 Å². The zero-order valence-corrected chi connectivity index (χ0v) is 34.3. The summed E-state index contributed by atoms with van der Waals surface area (Å²) < 4.78 is 51.2. The number of esters is 2. The van der Waals surface area contributed by atoms with E-state index >= 15 is 0 Å². The van der Waals surface area contributed by atoms with Gasteiger partial charge in [-0.15, -0.1) is 0 Å². The molecule has 1 aromatic rings. The van der Waals surface area contributed by atoms with E-state index in [0.717, 1.165) is 0 Å². The maximum absolute atomic E-state index is 12.3. The zero-order chi connectivity index (χ0) is 43.6. The standard InChI is InChI=1S/C12H16.C10H15F3O3.C8H14O3.C7H13NO.C4H6O2/c1-5-10-6-8-11(9-7-10)12(2,3)4;1-6(2)8(14)16-7(3)5-9(4,15)10(11,12)13;1-4-10-5-6-11-8(9)7(2)3;1-5(2)7(9)8-6(3)4;1-3(2)4(5)6/h5-9H,1H2,2-4H3;7,15H,1,5H2,2-4H3;2,4-6H2,1,3H3;6H,1H2,2-4H3,(H,8,9);1H2,2H3,(H,5,6). The number of carbonyl (C=O) groups excluding carboxylic acids is 3. The van der Waals surface area contributed by atoms with Crippen molar-refractivity contribution in [2.75, 3.05) is 19.8 Å². The quantitative estimate of drug-likeness (QED) is 0.102. The summed E-state index contributed by atoms with van der Waals surface area (Å²) >= 11 is 0. The topological polar surface area (TPSA) is 148 Å². The molecule has 0 aliphatic carbocycles. The Morgan fingerprint density at radius 1 is 0.815 bits per heavy atom. The Bertz CT molecular complexity index is 1360. The summed E-state index contributed by atoms with van der Waals surface area (Å²) in [5, 5.41) is 19.7. The lowest BCUT2D eigenvalue weighted by atomic mass is 9.87. The van der Waals surface area contributed by atoms with Gasteiger partial charge in [0.2, 0.25) is 5.91 Å². The molecule has 2 atom stereocenters. The Morgan fingerprint density at radius 2 is 1.26 bits per heavy atom. The summed E-state index contributed by atoms with van der Waals surface area (Å²) in [7, 11) is 0. The van der Waals surface area contributed by atoms with Crippen LogP contribution in [0.25, 0.3) is 6.08 Å². The summed E-state index contributed by atoms with van der Waals surface area (Å²) in [6.07, 6.45) is -4.64. The van der Waals surface area contributed by atoms with Gasteiger partial charge >= 0.3 is 24.1 Å². The van der Waals surface area contributed by atoms with Crippen molar-refractivity contribution in [2.24, 2.45) is 0 Å². The summed E-state index contributed by atoms with van der Waals surface area (Å²) in [6.45, 7) is 38.9. The minimum absolute atomic E-state index is 0.0648. The molecular formula is C41H64F3NO9. The van der Waals surface area contributed by atoms with Crippen molar-refractivity contribution in [1.82, 2.24) is 5.32 Å². The van der Waals surface area contributed by atoms with Gasteiger partial charge in [-0.2, -0.15) is 13.2 Å². The number of rotatable bonds is 13. The van der Waals surface area contributed by atoms with Crippen molar-refractivity contribution in [2.45, 2.75) is 119 Å². The molecule has 2 unspecified atom stereocenters. The smallest absolute Gasteiger partial charge is 0.417 e. The normalized spacial score (nSPS) is 11.9. The van der Waals surface area contributed by atoms with Gasteiger partial charge in [-0.3, -0.25) is 4.79 Å². The molecule has 13 heteroatoms. The van der Waals surface area contributed by atoms with Crippen LogP contribution >= 0.6 is 0 Å². The molecule has 1 aromatic carbocycles. The van der Waals surface area contributed by atoms with Gasteiger partial charge in [0, 0.05) is 41.4 Å². The number of alkyl halides is 3. The molecule has 0 aromatic heterocycles. The van der Waals surface area contributed by atoms with Crippen molar-refractivity contribution in [1.29, 1.82) is 0 Å². The minimum atomic E-state index is -4.75. The Hall–Kier alpha value is -4.49. The average molecular weight is 772 g/mol. The number of benzene rings is 1. The van der Waals surface area contributed by atoms with Crippen molar-refractivity contribution in [3.8, 4) is 0 Å². The van der Waals surface area contributed by atoms with Crippen LogP contribution in [0.2, 0.25) is 0 Å². The van der Waals surface area contributed by atoms with Gasteiger partial charge in [0.1, 0.15) is 12.7 Å². The molecule has 0 bridgehead atoms. The zero-order valence-electron chi connectivity index (χ0n) is 34.3. The lowest BCUT2D eigenvalue weighted by Crippen LogP contribution is -2.45. The third-order valence-corrected chi connectivity index (χ3v) is 6.15. The molecule has 54 heavy (non-hydrogen) atoms. The van der Waals surface area contributed by atoms with E-state index in [1.165, 1.54) is 31.9 Å². The highest BCUT2D eigenvalue weighted by molar-refractivity contribution is 5.92. The van der Waals surface area contributed by atoms with Gasteiger partial charge in [-0.25, -0.2) is 14.4 Å². The second kappa shape index (κ2) is 28.0. The predicted molar refractivity (Wildman–Crippen MR) is 210 cm³/mol. The average Bonchev–Trinajstić information content (AvgIpc) is 3.02. The number of carboxylic acid groups (broad SMARTS) is 1. The number of hydrogen-bond acceptors (Lipinski definition) is 8. The molecule has 0 aliphatic heterocycles. The molecule has 10 nitrogen and oxygen atoms in total. The molecule has 3 N–H and O–H groups in total. The van der Waals surface area contributed by atoms with Crippen LogP contribution < -0.4 is 5.32 Å². The Labute approximate surface area is 320 Å². The highest BCUT2D eigenvalue weighted by Crippen LogP contribution is 2.34. The molecular weight excluding hydrogens is 707 g/mol. The van der Waals surface area contributed by atoms with Crippen molar-refractivity contribution < 1.29 is 56.8 Å². The minimum Gasteiger partial charge on any atom is -0.478 e. The first-order valence-corrected chi connectivity index (χ1v) is 17.0. The number of nitrogens with one attached hydrogen (secondary N) is 1. The number of ether oxygens (including phenoxy) is 3. The van der Waals surface area contributed by atoms with Crippen LogP contribution in [-0.2, 0) is 38.8 Å². The highest BCUT2D eigenvalue weighted by Gasteiger charge is 2.50. The van der Waals surface area contributed by atoms with Crippen LogP contribution in [0.5, 0.6) is 0 Å². The van der Waals surface area contributed by atoms with Crippen LogP contribution in [0.15, 0.2) is 79.5 Å². The first kappa shape index (κ1) is 56.3. The maximum atomic E-state index is 12.3. The second-order valence-corrected chi connectivity index (χ2v) is 13.7. The molecule has 0 aliphatic rings. The van der Waals surface area contributed by atoms with Gasteiger partial charge in [-0.1, -0.05) is 84.0 Å². The number of carboxylic acids is 1. The second-order valence-electron chi connectivity index (χ2n) is 13.7. The molecule has 1 rings (SSSR count). The summed E-state index contributed by atoms with van der Waals surface area (Å²) in [5.74, 6) is -2.13. The fraction of sp³-hybridized carbons (Fsp3) is 0.512. The first-order chi connectivity index (χ1) is 24.4. The largest absolute Gasteiger partial charge is 0.478 e. The van der Waals surface area contributed by atoms with Crippen molar-refractivity contribution in [3.63, 3.8) is 0 Å². The van der Waals surface area contributed by atoms with E-state index in [9.17, 15) is 32.3 Å². The third-order valence-electron chi connectivity index (χ3n) is 6.15. The molecule has 308 valence electrons.